The summed E-state index contributed by atoms with van der Waals surface area (Å²) in [6.07, 6.45) is 3.82. The molecule has 100 valence electrons. The van der Waals surface area contributed by atoms with E-state index in [2.05, 4.69) is 28.2 Å². The normalized spacial score (nSPS) is 25.9. The summed E-state index contributed by atoms with van der Waals surface area (Å²) in [6, 6.07) is 6.97. The monoisotopic (exact) mass is 249 g/mol. The Bertz CT molecular complexity index is 344. The van der Waals surface area contributed by atoms with Gasteiger partial charge < -0.3 is 10.4 Å². The standard InChI is InChI=1S/C14H23N3O/c1-12-5-8-15-10-14(6-9-18)17(12)11-13-4-2-3-7-16-13/h2-4,7,12,14-15,18H,5-6,8-11H2,1H3. The number of aliphatic hydroxyl groups excluding tert-OH is 1. The molecule has 4 heteroatoms. The lowest BCUT2D eigenvalue weighted by atomic mass is 10.1. The zero-order chi connectivity index (χ0) is 12.8. The Kier molecular flexibility index (Phi) is 5.11. The van der Waals surface area contributed by atoms with E-state index in [0.717, 1.165) is 38.2 Å². The van der Waals surface area contributed by atoms with Gasteiger partial charge in [-0.3, -0.25) is 9.88 Å². The zero-order valence-electron chi connectivity index (χ0n) is 11.0. The average molecular weight is 249 g/mol. The third kappa shape index (κ3) is 3.51. The molecular formula is C14H23N3O. The van der Waals surface area contributed by atoms with E-state index in [1.165, 1.54) is 0 Å². The van der Waals surface area contributed by atoms with Crippen LogP contribution in [0.5, 0.6) is 0 Å². The average Bonchev–Trinajstić information content (AvgIpc) is 2.56. The predicted octanol–water partition coefficient (Wildman–Crippen LogP) is 1.02. The van der Waals surface area contributed by atoms with E-state index >= 15 is 0 Å². The van der Waals surface area contributed by atoms with Crippen molar-refractivity contribution < 1.29 is 5.11 Å². The molecule has 0 radical (unpaired) electrons. The lowest BCUT2D eigenvalue weighted by Crippen LogP contribution is -2.43. The van der Waals surface area contributed by atoms with Gasteiger partial charge >= 0.3 is 0 Å². The van der Waals surface area contributed by atoms with Crippen LogP contribution in [0.4, 0.5) is 0 Å². The Morgan fingerprint density at radius 1 is 1.50 bits per heavy atom. The fourth-order valence-electron chi connectivity index (χ4n) is 2.60. The minimum atomic E-state index is 0.248. The molecule has 2 unspecified atom stereocenters. The van der Waals surface area contributed by atoms with Crippen LogP contribution >= 0.6 is 0 Å². The maximum Gasteiger partial charge on any atom is 0.0544 e. The van der Waals surface area contributed by atoms with Crippen molar-refractivity contribution in [1.82, 2.24) is 15.2 Å². The second kappa shape index (κ2) is 6.83. The van der Waals surface area contributed by atoms with Crippen molar-refractivity contribution in [3.8, 4) is 0 Å². The number of rotatable bonds is 4. The van der Waals surface area contributed by atoms with Gasteiger partial charge in [0.15, 0.2) is 0 Å². The van der Waals surface area contributed by atoms with Crippen LogP contribution in [0.25, 0.3) is 0 Å². The number of hydrogen-bond donors (Lipinski definition) is 2. The molecule has 0 spiro atoms. The van der Waals surface area contributed by atoms with Crippen molar-refractivity contribution in [1.29, 1.82) is 0 Å². The molecule has 0 amide bonds. The van der Waals surface area contributed by atoms with E-state index < -0.39 is 0 Å². The van der Waals surface area contributed by atoms with Gasteiger partial charge in [-0.1, -0.05) is 6.07 Å². The molecule has 1 saturated heterocycles. The minimum Gasteiger partial charge on any atom is -0.396 e. The fourth-order valence-corrected chi connectivity index (χ4v) is 2.60. The first-order chi connectivity index (χ1) is 8.81. The highest BCUT2D eigenvalue weighted by Crippen LogP contribution is 2.17. The predicted molar refractivity (Wildman–Crippen MR) is 72.2 cm³/mol. The van der Waals surface area contributed by atoms with Crippen LogP contribution in [-0.2, 0) is 6.54 Å². The van der Waals surface area contributed by atoms with E-state index in [0.29, 0.717) is 12.1 Å². The van der Waals surface area contributed by atoms with Gasteiger partial charge in [-0.2, -0.15) is 0 Å². The van der Waals surface area contributed by atoms with Crippen LogP contribution in [0.1, 0.15) is 25.5 Å². The van der Waals surface area contributed by atoms with Crippen molar-refractivity contribution in [2.45, 2.75) is 38.4 Å². The van der Waals surface area contributed by atoms with Crippen molar-refractivity contribution in [3.05, 3.63) is 30.1 Å². The molecule has 2 heterocycles. The summed E-state index contributed by atoms with van der Waals surface area (Å²) in [5.74, 6) is 0. The molecule has 1 aromatic heterocycles. The summed E-state index contributed by atoms with van der Waals surface area (Å²) in [5.41, 5.74) is 1.11. The molecule has 2 atom stereocenters. The van der Waals surface area contributed by atoms with E-state index in [9.17, 15) is 5.11 Å². The van der Waals surface area contributed by atoms with Crippen molar-refractivity contribution in [2.24, 2.45) is 0 Å². The number of hydrogen-bond acceptors (Lipinski definition) is 4. The first kappa shape index (κ1) is 13.5. The molecule has 0 aliphatic carbocycles. The summed E-state index contributed by atoms with van der Waals surface area (Å²) < 4.78 is 0. The number of nitrogens with one attached hydrogen (secondary N) is 1. The fraction of sp³-hybridized carbons (Fsp3) is 0.643. The van der Waals surface area contributed by atoms with Crippen LogP contribution in [-0.4, -0.2) is 46.8 Å². The first-order valence-electron chi connectivity index (χ1n) is 6.78. The molecule has 1 fully saturated rings. The summed E-state index contributed by atoms with van der Waals surface area (Å²) in [4.78, 5) is 6.88. The summed E-state index contributed by atoms with van der Waals surface area (Å²) >= 11 is 0. The lowest BCUT2D eigenvalue weighted by Gasteiger charge is -2.33. The molecule has 1 aliphatic rings. The Balaban J connectivity index is 2.08. The highest BCUT2D eigenvalue weighted by molar-refractivity contribution is 5.04. The molecule has 1 aromatic rings. The molecule has 2 N–H and O–H groups in total. The van der Waals surface area contributed by atoms with Crippen LogP contribution in [0.2, 0.25) is 0 Å². The number of pyridine rings is 1. The summed E-state index contributed by atoms with van der Waals surface area (Å²) in [5, 5.41) is 12.7. The van der Waals surface area contributed by atoms with Gasteiger partial charge in [-0.05, 0) is 38.4 Å². The lowest BCUT2D eigenvalue weighted by molar-refractivity contribution is 0.117. The van der Waals surface area contributed by atoms with Crippen molar-refractivity contribution >= 4 is 0 Å². The van der Waals surface area contributed by atoms with E-state index in [4.69, 9.17) is 0 Å². The van der Waals surface area contributed by atoms with Gasteiger partial charge in [0.2, 0.25) is 0 Å². The number of nitrogens with zero attached hydrogens (tertiary/aromatic N) is 2. The SMILES string of the molecule is CC1CCNCC(CCO)N1Cc1ccccn1. The maximum atomic E-state index is 9.21. The smallest absolute Gasteiger partial charge is 0.0544 e. The molecule has 0 aromatic carbocycles. The van der Waals surface area contributed by atoms with E-state index in [1.54, 1.807) is 0 Å². The number of aliphatic hydroxyl groups is 1. The van der Waals surface area contributed by atoms with Crippen molar-refractivity contribution in [3.63, 3.8) is 0 Å². The molecule has 1 aliphatic heterocycles. The molecule has 0 bridgehead atoms. The molecule has 18 heavy (non-hydrogen) atoms. The zero-order valence-corrected chi connectivity index (χ0v) is 11.0. The minimum absolute atomic E-state index is 0.248. The maximum absolute atomic E-state index is 9.21. The van der Waals surface area contributed by atoms with Crippen molar-refractivity contribution in [2.75, 3.05) is 19.7 Å². The van der Waals surface area contributed by atoms with E-state index in [1.807, 2.05) is 18.3 Å². The Morgan fingerprint density at radius 2 is 2.39 bits per heavy atom. The van der Waals surface area contributed by atoms with Crippen LogP contribution < -0.4 is 5.32 Å². The van der Waals surface area contributed by atoms with Crippen LogP contribution in [0.3, 0.4) is 0 Å². The molecular weight excluding hydrogens is 226 g/mol. The second-order valence-electron chi connectivity index (χ2n) is 5.00. The van der Waals surface area contributed by atoms with Gasteiger partial charge in [-0.25, -0.2) is 0 Å². The Labute approximate surface area is 109 Å². The van der Waals surface area contributed by atoms with Gasteiger partial charge in [0.05, 0.1) is 5.69 Å². The largest absolute Gasteiger partial charge is 0.396 e. The third-order valence-corrected chi connectivity index (χ3v) is 3.69. The topological polar surface area (TPSA) is 48.4 Å². The summed E-state index contributed by atoms with van der Waals surface area (Å²) in [7, 11) is 0. The van der Waals surface area contributed by atoms with Gasteiger partial charge in [0.25, 0.3) is 0 Å². The quantitative estimate of drug-likeness (QED) is 0.836. The van der Waals surface area contributed by atoms with Crippen LogP contribution in [0, 0.1) is 0 Å². The Hall–Kier alpha value is -0.970. The first-order valence-corrected chi connectivity index (χ1v) is 6.78. The van der Waals surface area contributed by atoms with E-state index in [-0.39, 0.29) is 6.61 Å². The van der Waals surface area contributed by atoms with Crippen LogP contribution in [0.15, 0.2) is 24.4 Å². The second-order valence-corrected chi connectivity index (χ2v) is 5.00. The molecule has 4 nitrogen and oxygen atoms in total. The third-order valence-electron chi connectivity index (χ3n) is 3.69. The number of aromatic nitrogens is 1. The van der Waals surface area contributed by atoms with Gasteiger partial charge in [-0.15, -0.1) is 0 Å². The Morgan fingerprint density at radius 3 is 3.11 bits per heavy atom. The molecule has 0 saturated carbocycles. The highest BCUT2D eigenvalue weighted by Gasteiger charge is 2.25. The highest BCUT2D eigenvalue weighted by atomic mass is 16.3. The summed E-state index contributed by atoms with van der Waals surface area (Å²) in [6.45, 7) is 5.39. The van der Waals surface area contributed by atoms with Gasteiger partial charge in [0.1, 0.15) is 0 Å². The van der Waals surface area contributed by atoms with Gasteiger partial charge in [0, 0.05) is 38.0 Å². The molecule has 2 rings (SSSR count).